The summed E-state index contributed by atoms with van der Waals surface area (Å²) < 4.78 is 5.24. The fourth-order valence-corrected chi connectivity index (χ4v) is 2.24. The van der Waals surface area contributed by atoms with E-state index in [4.69, 9.17) is 4.74 Å². The molecule has 2 aliphatic heterocycles. The Morgan fingerprint density at radius 2 is 2.36 bits per heavy atom. The molecule has 1 unspecified atom stereocenters. The predicted octanol–water partition coefficient (Wildman–Crippen LogP) is -0.0143. The number of nitrogens with one attached hydrogen (secondary N) is 1. The molecular weight excluding hydrogens is 180 g/mol. The first-order valence-corrected chi connectivity index (χ1v) is 5.36. The van der Waals surface area contributed by atoms with E-state index in [-0.39, 0.29) is 18.1 Å². The van der Waals surface area contributed by atoms with Gasteiger partial charge in [0.05, 0.1) is 12.1 Å². The molecular formula is C10H18N2O2. The van der Waals surface area contributed by atoms with Crippen molar-refractivity contribution >= 4 is 5.91 Å². The summed E-state index contributed by atoms with van der Waals surface area (Å²) in [6.45, 7) is 2.61. The van der Waals surface area contributed by atoms with E-state index in [1.165, 1.54) is 0 Å². The van der Waals surface area contributed by atoms with Crippen LogP contribution in [0.1, 0.15) is 19.3 Å². The van der Waals surface area contributed by atoms with E-state index in [0.29, 0.717) is 0 Å². The number of hydrogen-bond donors (Lipinski definition) is 1. The van der Waals surface area contributed by atoms with Crippen LogP contribution in [0.4, 0.5) is 0 Å². The second-order valence-corrected chi connectivity index (χ2v) is 4.08. The number of amides is 1. The Morgan fingerprint density at radius 3 is 2.93 bits per heavy atom. The SMILES string of the molecule is CO[C@@H]1CCN(C(=O)C2CCCN2)C1. The number of rotatable bonds is 2. The molecule has 1 amide bonds. The van der Waals surface area contributed by atoms with Crippen LogP contribution in [0, 0.1) is 0 Å². The van der Waals surface area contributed by atoms with Crippen LogP contribution in [0.25, 0.3) is 0 Å². The van der Waals surface area contributed by atoms with Crippen LogP contribution in [-0.2, 0) is 9.53 Å². The molecule has 0 spiro atoms. The zero-order chi connectivity index (χ0) is 9.97. The summed E-state index contributed by atoms with van der Waals surface area (Å²) in [4.78, 5) is 13.8. The van der Waals surface area contributed by atoms with Gasteiger partial charge in [-0.1, -0.05) is 0 Å². The predicted molar refractivity (Wildman–Crippen MR) is 53.0 cm³/mol. The summed E-state index contributed by atoms with van der Waals surface area (Å²) in [6.07, 6.45) is 3.35. The minimum absolute atomic E-state index is 0.0746. The third-order valence-corrected chi connectivity index (χ3v) is 3.15. The fourth-order valence-electron chi connectivity index (χ4n) is 2.24. The molecule has 2 fully saturated rings. The highest BCUT2D eigenvalue weighted by molar-refractivity contribution is 5.82. The van der Waals surface area contributed by atoms with Gasteiger partial charge in [-0.05, 0) is 25.8 Å². The summed E-state index contributed by atoms with van der Waals surface area (Å²) >= 11 is 0. The second-order valence-electron chi connectivity index (χ2n) is 4.08. The van der Waals surface area contributed by atoms with Gasteiger partial charge in [0.1, 0.15) is 0 Å². The standard InChI is InChI=1S/C10H18N2O2/c1-14-8-4-6-12(7-8)10(13)9-3-2-5-11-9/h8-9,11H,2-7H2,1H3/t8-,9?/m1/s1. The number of nitrogens with zero attached hydrogens (tertiary/aromatic N) is 1. The second kappa shape index (κ2) is 4.28. The Bertz CT molecular complexity index is 214. The highest BCUT2D eigenvalue weighted by atomic mass is 16.5. The maximum Gasteiger partial charge on any atom is 0.239 e. The summed E-state index contributed by atoms with van der Waals surface area (Å²) in [6, 6.07) is 0.0746. The number of methoxy groups -OCH3 is 1. The molecule has 2 rings (SSSR count). The van der Waals surface area contributed by atoms with Gasteiger partial charge < -0.3 is 15.0 Å². The normalized spacial score (nSPS) is 32.5. The van der Waals surface area contributed by atoms with Crippen molar-refractivity contribution in [2.24, 2.45) is 0 Å². The Morgan fingerprint density at radius 1 is 1.50 bits per heavy atom. The van der Waals surface area contributed by atoms with Crippen LogP contribution in [0.5, 0.6) is 0 Å². The van der Waals surface area contributed by atoms with E-state index >= 15 is 0 Å². The number of ether oxygens (including phenoxy) is 1. The maximum absolute atomic E-state index is 11.9. The Kier molecular flexibility index (Phi) is 3.03. The summed E-state index contributed by atoms with van der Waals surface area (Å²) in [5.74, 6) is 0.266. The van der Waals surface area contributed by atoms with Crippen LogP contribution < -0.4 is 5.32 Å². The fraction of sp³-hybridized carbons (Fsp3) is 0.900. The molecule has 4 heteroatoms. The van der Waals surface area contributed by atoms with Crippen molar-refractivity contribution in [3.63, 3.8) is 0 Å². The molecule has 80 valence electrons. The topological polar surface area (TPSA) is 41.6 Å². The molecule has 0 aromatic rings. The monoisotopic (exact) mass is 198 g/mol. The Balaban J connectivity index is 1.86. The third kappa shape index (κ3) is 1.91. The van der Waals surface area contributed by atoms with E-state index in [1.807, 2.05) is 4.90 Å². The molecule has 0 radical (unpaired) electrons. The summed E-state index contributed by atoms with van der Waals surface area (Å²) in [5, 5.41) is 3.23. The first-order valence-electron chi connectivity index (χ1n) is 5.36. The van der Waals surface area contributed by atoms with Gasteiger partial charge in [0.2, 0.25) is 5.91 Å². The van der Waals surface area contributed by atoms with Crippen LogP contribution in [-0.4, -0.2) is 49.7 Å². The maximum atomic E-state index is 11.9. The average molecular weight is 198 g/mol. The summed E-state index contributed by atoms with van der Waals surface area (Å²) in [5.41, 5.74) is 0. The van der Waals surface area contributed by atoms with Gasteiger partial charge in [0.25, 0.3) is 0 Å². The van der Waals surface area contributed by atoms with Crippen molar-refractivity contribution < 1.29 is 9.53 Å². The quantitative estimate of drug-likeness (QED) is 0.678. The van der Waals surface area contributed by atoms with Gasteiger partial charge in [-0.15, -0.1) is 0 Å². The Labute approximate surface area is 84.6 Å². The molecule has 4 nitrogen and oxygen atoms in total. The molecule has 14 heavy (non-hydrogen) atoms. The zero-order valence-electron chi connectivity index (χ0n) is 8.66. The molecule has 2 saturated heterocycles. The lowest BCUT2D eigenvalue weighted by molar-refractivity contribution is -0.132. The number of carbonyl (C=O) groups is 1. The molecule has 2 heterocycles. The molecule has 0 saturated carbocycles. The highest BCUT2D eigenvalue weighted by Crippen LogP contribution is 2.16. The minimum Gasteiger partial charge on any atom is -0.380 e. The molecule has 0 aliphatic carbocycles. The highest BCUT2D eigenvalue weighted by Gasteiger charge is 2.31. The molecule has 0 aromatic carbocycles. The largest absolute Gasteiger partial charge is 0.380 e. The van der Waals surface area contributed by atoms with Crippen LogP contribution in [0.2, 0.25) is 0 Å². The van der Waals surface area contributed by atoms with Crippen LogP contribution in [0.15, 0.2) is 0 Å². The molecule has 1 N–H and O–H groups in total. The van der Waals surface area contributed by atoms with Gasteiger partial charge in [0.15, 0.2) is 0 Å². The molecule has 0 bridgehead atoms. The van der Waals surface area contributed by atoms with Gasteiger partial charge in [0, 0.05) is 20.2 Å². The number of carbonyl (C=O) groups excluding carboxylic acids is 1. The first-order chi connectivity index (χ1) is 6.81. The van der Waals surface area contributed by atoms with Crippen molar-refractivity contribution in [1.29, 1.82) is 0 Å². The van der Waals surface area contributed by atoms with Crippen molar-refractivity contribution in [1.82, 2.24) is 10.2 Å². The molecule has 2 aliphatic rings. The van der Waals surface area contributed by atoms with Gasteiger partial charge >= 0.3 is 0 Å². The number of likely N-dealkylation sites (tertiary alicyclic amines) is 1. The van der Waals surface area contributed by atoms with Crippen LogP contribution in [0.3, 0.4) is 0 Å². The number of hydrogen-bond acceptors (Lipinski definition) is 3. The van der Waals surface area contributed by atoms with Crippen LogP contribution >= 0.6 is 0 Å². The molecule has 2 atom stereocenters. The van der Waals surface area contributed by atoms with Crippen molar-refractivity contribution in [3.05, 3.63) is 0 Å². The van der Waals surface area contributed by atoms with Gasteiger partial charge in [-0.2, -0.15) is 0 Å². The first kappa shape index (κ1) is 9.93. The average Bonchev–Trinajstić information content (AvgIpc) is 2.88. The van der Waals surface area contributed by atoms with E-state index in [1.54, 1.807) is 7.11 Å². The van der Waals surface area contributed by atoms with Crippen molar-refractivity contribution in [3.8, 4) is 0 Å². The van der Waals surface area contributed by atoms with Crippen molar-refractivity contribution in [2.45, 2.75) is 31.4 Å². The minimum atomic E-state index is 0.0746. The van der Waals surface area contributed by atoms with Gasteiger partial charge in [-0.25, -0.2) is 0 Å². The smallest absolute Gasteiger partial charge is 0.239 e. The van der Waals surface area contributed by atoms with E-state index < -0.39 is 0 Å². The third-order valence-electron chi connectivity index (χ3n) is 3.15. The van der Waals surface area contributed by atoms with Gasteiger partial charge in [-0.3, -0.25) is 4.79 Å². The van der Waals surface area contributed by atoms with E-state index in [9.17, 15) is 4.79 Å². The van der Waals surface area contributed by atoms with E-state index in [2.05, 4.69) is 5.32 Å². The summed E-state index contributed by atoms with van der Waals surface area (Å²) in [7, 11) is 1.71. The van der Waals surface area contributed by atoms with E-state index in [0.717, 1.165) is 38.9 Å². The molecule has 0 aromatic heterocycles. The Hall–Kier alpha value is -0.610. The lowest BCUT2D eigenvalue weighted by Crippen LogP contribution is -2.42. The lowest BCUT2D eigenvalue weighted by Gasteiger charge is -2.20. The van der Waals surface area contributed by atoms with Crippen molar-refractivity contribution in [2.75, 3.05) is 26.7 Å². The lowest BCUT2D eigenvalue weighted by atomic mass is 10.2. The zero-order valence-corrected chi connectivity index (χ0v) is 8.66.